The molecule has 8 heteroatoms. The first-order valence-electron chi connectivity index (χ1n) is 11.4. The molecule has 3 aromatic carbocycles. The molecule has 5 nitrogen and oxygen atoms in total. The number of ether oxygens (including phenoxy) is 2. The molecule has 1 amide bonds. The summed E-state index contributed by atoms with van der Waals surface area (Å²) in [6.07, 6.45) is 1.85. The predicted octanol–water partition coefficient (Wildman–Crippen LogP) is 7.84. The van der Waals surface area contributed by atoms with Crippen LogP contribution >= 0.6 is 35.0 Å². The van der Waals surface area contributed by atoms with Crippen molar-refractivity contribution in [1.82, 2.24) is 4.90 Å². The second-order valence-electron chi connectivity index (χ2n) is 8.58. The first-order valence-corrected chi connectivity index (χ1v) is 13.0. The summed E-state index contributed by atoms with van der Waals surface area (Å²) >= 11 is 13.6. The number of carbonyl (C=O) groups excluding carboxylic acids is 1. The fraction of sp³-hybridized carbons (Fsp3) is 0.214. The third-order valence-electron chi connectivity index (χ3n) is 5.31. The van der Waals surface area contributed by atoms with Crippen LogP contribution in [0.2, 0.25) is 10.0 Å². The molecule has 0 aromatic heterocycles. The summed E-state index contributed by atoms with van der Waals surface area (Å²) in [6.45, 7) is 5.05. The summed E-state index contributed by atoms with van der Waals surface area (Å²) in [7, 11) is 1.59. The summed E-state index contributed by atoms with van der Waals surface area (Å²) in [5, 5.41) is 1.94. The van der Waals surface area contributed by atoms with Gasteiger partial charge in [-0.15, -0.1) is 0 Å². The molecule has 0 bridgehead atoms. The minimum absolute atomic E-state index is 0.0700. The van der Waals surface area contributed by atoms with Crippen molar-refractivity contribution in [3.8, 4) is 11.5 Å². The fourth-order valence-electron chi connectivity index (χ4n) is 3.56. The van der Waals surface area contributed by atoms with E-state index in [9.17, 15) is 4.79 Å². The van der Waals surface area contributed by atoms with Gasteiger partial charge in [-0.1, -0.05) is 61.3 Å². The Kier molecular flexibility index (Phi) is 8.62. The maximum absolute atomic E-state index is 13.3. The van der Waals surface area contributed by atoms with Crippen LogP contribution in [0.3, 0.4) is 0 Å². The molecule has 0 atom stereocenters. The van der Waals surface area contributed by atoms with Crippen molar-refractivity contribution in [3.63, 3.8) is 0 Å². The zero-order valence-corrected chi connectivity index (χ0v) is 22.5. The molecule has 4 rings (SSSR count). The highest BCUT2D eigenvalue weighted by molar-refractivity contribution is 8.18. The molecule has 0 saturated carbocycles. The molecule has 3 aromatic rings. The summed E-state index contributed by atoms with van der Waals surface area (Å²) < 4.78 is 11.5. The molecular formula is C28H26Cl2N2O3S. The predicted molar refractivity (Wildman–Crippen MR) is 149 cm³/mol. The van der Waals surface area contributed by atoms with Crippen LogP contribution in [-0.4, -0.2) is 29.6 Å². The lowest BCUT2D eigenvalue weighted by Gasteiger charge is -2.17. The van der Waals surface area contributed by atoms with Crippen LogP contribution in [0.5, 0.6) is 11.5 Å². The van der Waals surface area contributed by atoms with E-state index in [1.807, 2.05) is 60.7 Å². The highest BCUT2D eigenvalue weighted by atomic mass is 35.5. The quantitative estimate of drug-likeness (QED) is 0.273. The number of aliphatic imine (C=N–C) groups is 1. The normalized spacial score (nSPS) is 15.8. The zero-order valence-electron chi connectivity index (χ0n) is 20.2. The molecule has 36 heavy (non-hydrogen) atoms. The van der Waals surface area contributed by atoms with Gasteiger partial charge in [-0.05, 0) is 71.8 Å². The van der Waals surface area contributed by atoms with Crippen molar-refractivity contribution in [2.45, 2.75) is 20.5 Å². The Morgan fingerprint density at radius 1 is 1.03 bits per heavy atom. The summed E-state index contributed by atoms with van der Waals surface area (Å²) in [4.78, 5) is 20.3. The van der Waals surface area contributed by atoms with E-state index < -0.39 is 0 Å². The van der Waals surface area contributed by atoms with Gasteiger partial charge in [-0.2, -0.15) is 0 Å². The van der Waals surface area contributed by atoms with E-state index in [1.54, 1.807) is 24.1 Å². The van der Waals surface area contributed by atoms with Crippen LogP contribution < -0.4 is 9.47 Å². The van der Waals surface area contributed by atoms with Gasteiger partial charge in [0.1, 0.15) is 6.61 Å². The van der Waals surface area contributed by atoms with Crippen LogP contribution in [0, 0.1) is 5.92 Å². The van der Waals surface area contributed by atoms with Gasteiger partial charge < -0.3 is 9.47 Å². The minimum Gasteiger partial charge on any atom is -0.493 e. The average Bonchev–Trinajstić information content (AvgIpc) is 3.13. The number of amides is 1. The van der Waals surface area contributed by atoms with Gasteiger partial charge >= 0.3 is 0 Å². The number of amidine groups is 1. The second kappa shape index (κ2) is 11.9. The smallest absolute Gasteiger partial charge is 0.266 e. The van der Waals surface area contributed by atoms with E-state index in [0.717, 1.165) is 16.8 Å². The zero-order chi connectivity index (χ0) is 25.7. The van der Waals surface area contributed by atoms with Gasteiger partial charge in [0, 0.05) is 22.2 Å². The minimum atomic E-state index is -0.0700. The van der Waals surface area contributed by atoms with Crippen molar-refractivity contribution < 1.29 is 14.3 Å². The van der Waals surface area contributed by atoms with Gasteiger partial charge in [0.2, 0.25) is 0 Å². The maximum Gasteiger partial charge on any atom is 0.266 e. The molecule has 0 aliphatic carbocycles. The first kappa shape index (κ1) is 26.1. The van der Waals surface area contributed by atoms with Crippen molar-refractivity contribution in [1.29, 1.82) is 0 Å². The number of halogens is 2. The summed E-state index contributed by atoms with van der Waals surface area (Å²) in [5.41, 5.74) is 2.45. The second-order valence-corrected chi connectivity index (χ2v) is 10.4. The fourth-order valence-corrected chi connectivity index (χ4v) is 4.88. The topological polar surface area (TPSA) is 51.1 Å². The third kappa shape index (κ3) is 6.44. The van der Waals surface area contributed by atoms with E-state index in [0.29, 0.717) is 50.7 Å². The van der Waals surface area contributed by atoms with Crippen LogP contribution in [0.15, 0.2) is 76.6 Å². The largest absolute Gasteiger partial charge is 0.493 e. The van der Waals surface area contributed by atoms with Gasteiger partial charge in [0.25, 0.3) is 5.91 Å². The molecular weight excluding hydrogens is 515 g/mol. The van der Waals surface area contributed by atoms with Crippen LogP contribution in [-0.2, 0) is 11.4 Å². The van der Waals surface area contributed by atoms with Crippen molar-refractivity contribution >= 4 is 57.8 Å². The molecule has 0 N–H and O–H groups in total. The maximum atomic E-state index is 13.3. The molecule has 1 aliphatic heterocycles. The van der Waals surface area contributed by atoms with Gasteiger partial charge in [0.05, 0.1) is 17.7 Å². The number of hydrogen-bond donors (Lipinski definition) is 0. The van der Waals surface area contributed by atoms with E-state index in [1.165, 1.54) is 11.8 Å². The molecule has 1 saturated heterocycles. The highest BCUT2D eigenvalue weighted by Gasteiger charge is 2.33. The number of nitrogens with zero attached hydrogens (tertiary/aromatic N) is 2. The Morgan fingerprint density at radius 3 is 2.47 bits per heavy atom. The van der Waals surface area contributed by atoms with Crippen molar-refractivity contribution in [3.05, 3.63) is 92.8 Å². The number of rotatable bonds is 8. The standard InChI is InChI=1S/C28H26Cl2N2O3S/c1-18(2)16-32-27(33)26(36-28(32)31-22-11-9-21(29)10-12-22)15-19-8-13-24(25(14-19)34-3)35-17-20-6-4-5-7-23(20)30/h4-15,18H,16-17H2,1-3H3/b26-15-,31-28?. The van der Waals surface area contributed by atoms with Crippen molar-refractivity contribution in [2.75, 3.05) is 13.7 Å². The van der Waals surface area contributed by atoms with E-state index in [2.05, 4.69) is 13.8 Å². The Hall–Kier alpha value is -2.93. The Balaban J connectivity index is 1.57. The van der Waals surface area contributed by atoms with Crippen LogP contribution in [0.1, 0.15) is 25.0 Å². The van der Waals surface area contributed by atoms with Crippen molar-refractivity contribution in [2.24, 2.45) is 10.9 Å². The average molecular weight is 542 g/mol. The first-order chi connectivity index (χ1) is 17.3. The molecule has 1 heterocycles. The third-order valence-corrected chi connectivity index (χ3v) is 6.94. The molecule has 1 aliphatic rings. The lowest BCUT2D eigenvalue weighted by Crippen LogP contribution is -2.32. The van der Waals surface area contributed by atoms with Crippen LogP contribution in [0.4, 0.5) is 5.69 Å². The molecule has 0 unspecified atom stereocenters. The lowest BCUT2D eigenvalue weighted by molar-refractivity contribution is -0.122. The van der Waals surface area contributed by atoms with E-state index >= 15 is 0 Å². The number of benzene rings is 3. The Labute approximate surface area is 225 Å². The highest BCUT2D eigenvalue weighted by Crippen LogP contribution is 2.36. The summed E-state index contributed by atoms with van der Waals surface area (Å²) in [6, 6.07) is 20.4. The SMILES string of the molecule is COc1cc(/C=C2\SC(=Nc3ccc(Cl)cc3)N(CC(C)C)C2=O)ccc1OCc1ccccc1Cl. The molecule has 186 valence electrons. The number of methoxy groups -OCH3 is 1. The molecule has 1 fully saturated rings. The molecule has 0 spiro atoms. The van der Waals surface area contributed by atoms with Crippen LogP contribution in [0.25, 0.3) is 6.08 Å². The van der Waals surface area contributed by atoms with Gasteiger partial charge in [0.15, 0.2) is 16.7 Å². The van der Waals surface area contributed by atoms with Gasteiger partial charge in [-0.25, -0.2) is 4.99 Å². The summed E-state index contributed by atoms with van der Waals surface area (Å²) in [5.74, 6) is 1.38. The van der Waals surface area contributed by atoms with Gasteiger partial charge in [-0.3, -0.25) is 9.69 Å². The number of carbonyl (C=O) groups is 1. The Morgan fingerprint density at radius 2 is 1.78 bits per heavy atom. The monoisotopic (exact) mass is 540 g/mol. The molecule has 0 radical (unpaired) electrons. The van der Waals surface area contributed by atoms with E-state index in [4.69, 9.17) is 37.7 Å². The number of thioether (sulfide) groups is 1. The lowest BCUT2D eigenvalue weighted by atomic mass is 10.1. The number of hydrogen-bond acceptors (Lipinski definition) is 5. The van der Waals surface area contributed by atoms with E-state index in [-0.39, 0.29) is 5.91 Å². The Bertz CT molecular complexity index is 1310.